The summed E-state index contributed by atoms with van der Waals surface area (Å²) < 4.78 is 10.4. The molecule has 35 heteroatoms. The van der Waals surface area contributed by atoms with Crippen LogP contribution in [-0.2, 0) is 9.47 Å². The van der Waals surface area contributed by atoms with Crippen LogP contribution in [0.3, 0.4) is 0 Å². The first kappa shape index (κ1) is 141. The second-order valence-electron chi connectivity index (χ2n) is 30.5. The number of nitrogens with zero attached hydrogens (tertiary/aromatic N) is 11. The number of morpholine rings is 2. The average molecular weight is 1810 g/mol. The molecule has 14 aliphatic rings. The Hall–Kier alpha value is -4.68. The standard InChI is InChI=1S/C7H16N2.C7H15N.C6H13NO.2C6H13N.C5H12N2.2C5H11N.C4H9NO.2C4H9N.2C3H4N2.C3H7NS.2C3H7N.2C2H3N3.C2H7N.CH2N4.CH5N.8CH4/c1-6-4-8-5-7(2)9(6)3;8-7-5-3-1-2-4-6-7;1-5-3-7-4-6(2)8-5;1-2-4-6-7-5-3-1;7-6-4-2-1-3-5-6;1-7-4-2-6-3-5-7;1-2-4-6-5-3-1;6-5-3-1-2-4-5;1-3-6-4-2-5-1;1-2-4-5-3-1;5-4-2-1-3-4;1-2-5-3-4-1;1-2-4-5-3-1;1-2-5-3-4-1;1-2-4-3-1;4-3-1-2-3;1-3-2-5-4-1;1-2-4-5-3-1;1-2-3;1-2-4-5-3-1;1-2;;;;;;;;/h6-8H,4-5H2,1-3H3;7H,1-6,8H2;5-7H,3-4H2,1-2H3;7H,1-6H2;6H,1-5,7H2;6H,2-5H2,1H3;6H,1-5H2;5H,1-4,6H2;5H,1-4H2;5H,1-4H2;4H,1-3,5H2;2*1-3H,(H,4,5);4H,1-3H2;4H,1-3H2;3H,1-2,4H2;2*1-2H,(H,3,4,5);2-3H2,1H3;1H,(H,2,3,4,5);2H2,1H3;8*1H4. The Labute approximate surface area is 773 Å². The van der Waals surface area contributed by atoms with Crippen LogP contribution in [0, 0.1) is 0 Å². The van der Waals surface area contributed by atoms with Gasteiger partial charge in [-0.1, -0.05) is 155 Å². The lowest BCUT2D eigenvalue weighted by Crippen LogP contribution is -2.52. The summed E-state index contributed by atoms with van der Waals surface area (Å²) in [6.45, 7) is 35.4. The number of rotatable bonds is 0. The van der Waals surface area contributed by atoms with E-state index in [1.807, 2.05) is 24.8 Å². The highest BCUT2D eigenvalue weighted by Crippen LogP contribution is 2.17. The molecule has 14 heterocycles. The van der Waals surface area contributed by atoms with Crippen LogP contribution >= 0.6 is 11.8 Å². The number of hydrogen-bond acceptors (Lipinski definition) is 30. The van der Waals surface area contributed by atoms with E-state index in [1.54, 1.807) is 43.5 Å². The second kappa shape index (κ2) is 117. The van der Waals surface area contributed by atoms with Gasteiger partial charge in [-0.15, -0.1) is 22.0 Å². The van der Waals surface area contributed by atoms with Crippen LogP contribution in [0.1, 0.15) is 287 Å². The molecule has 34 nitrogen and oxygen atoms in total. The van der Waals surface area contributed by atoms with Gasteiger partial charge in [0.05, 0.1) is 44.1 Å². The van der Waals surface area contributed by atoms with Crippen molar-refractivity contribution >= 4 is 11.8 Å². The van der Waals surface area contributed by atoms with Gasteiger partial charge in [0.15, 0.2) is 6.33 Å². The number of aromatic nitrogens is 14. The topological polar surface area (TPSA) is 510 Å². The number of aromatic amines is 5. The number of hydrogen-bond donors (Lipinski definition) is 21. The minimum absolute atomic E-state index is 0. The molecule has 0 bridgehead atoms. The van der Waals surface area contributed by atoms with Gasteiger partial charge in [0.1, 0.15) is 12.7 Å². The molecule has 0 amide bonds. The van der Waals surface area contributed by atoms with E-state index in [2.05, 4.69) is 177 Å². The molecule has 9 aliphatic heterocycles. The summed E-state index contributed by atoms with van der Waals surface area (Å²) in [6, 6.07) is 5.99. The fourth-order valence-corrected chi connectivity index (χ4v) is 12.0. The van der Waals surface area contributed by atoms with Gasteiger partial charge >= 0.3 is 0 Å². The van der Waals surface area contributed by atoms with Crippen LogP contribution in [0.4, 0.5) is 0 Å². The highest BCUT2D eigenvalue weighted by molar-refractivity contribution is 7.99. The summed E-state index contributed by atoms with van der Waals surface area (Å²) in [4.78, 5) is 14.7. The van der Waals surface area contributed by atoms with Gasteiger partial charge in [-0.3, -0.25) is 15.1 Å². The lowest BCUT2D eigenvalue weighted by molar-refractivity contribution is -0.0166. The molecule has 0 radical (unpaired) electrons. The Morgan fingerprint density at radius 1 is 0.384 bits per heavy atom. The van der Waals surface area contributed by atoms with E-state index < -0.39 is 0 Å². The SMILES string of the molecule is C.C.C.C.C.C.C.C.C1CCCNCC1.C1CCNC1.C1CCNCC1.C1CNC1.C1COCCN1.C1CSCN1.CC1CNCC(C)N1C.CC1CNCC(C)O1.CCN.CN.CN1CCNCC1.NC1CC1.NC1CCC1.NC1CCCC1.NC1CCCCC1.NC1CCCCCC1.c1c[nH]cn1.c1cn[nH]c1.c1cn[nH]n1.c1nc[nH]n1.c1nn[nH]n1. The molecule has 4 unspecified atom stereocenters. The number of imidazole rings is 1. The number of nitrogens with one attached hydrogen (secondary N) is 14. The Morgan fingerprint density at radius 3 is 0.976 bits per heavy atom. The van der Waals surface area contributed by atoms with E-state index in [0.717, 1.165) is 72.1 Å². The third-order valence-electron chi connectivity index (χ3n) is 19.2. The molecule has 19 rings (SSSR count). The van der Waals surface area contributed by atoms with E-state index in [-0.39, 0.29) is 59.4 Å². The molecule has 0 spiro atoms. The minimum atomic E-state index is 0. The molecule has 750 valence electrons. The quantitative estimate of drug-likeness (QED) is 0.0640. The van der Waals surface area contributed by atoms with Crippen molar-refractivity contribution in [1.29, 1.82) is 0 Å². The van der Waals surface area contributed by atoms with Gasteiger partial charge in [-0.05, 0) is 223 Å². The first-order valence-corrected chi connectivity index (χ1v) is 46.2. The fraction of sp³-hybridized carbons (Fsp3) is 0.878. The number of piperazine rings is 2. The highest BCUT2D eigenvalue weighted by atomic mass is 32.2. The largest absolute Gasteiger partial charge is 0.379 e. The van der Waals surface area contributed by atoms with Crippen molar-refractivity contribution in [2.24, 2.45) is 40.1 Å². The average Bonchev–Trinajstić information content (AvgIpc) is 1.77. The number of likely N-dealkylation sites (N-methyl/N-ethyl adjacent to an activating group) is 2. The summed E-state index contributed by atoms with van der Waals surface area (Å²) in [6.07, 6.45) is 57.2. The molecule has 9 saturated heterocycles. The van der Waals surface area contributed by atoms with Gasteiger partial charge in [0, 0.05) is 151 Å². The van der Waals surface area contributed by atoms with Crippen LogP contribution < -0.4 is 88.0 Å². The van der Waals surface area contributed by atoms with E-state index in [1.165, 1.54) is 302 Å². The Balaban J connectivity index is -0.000000139. The van der Waals surface area contributed by atoms with Crippen LogP contribution in [0.2, 0.25) is 0 Å². The minimum Gasteiger partial charge on any atom is -0.379 e. The summed E-state index contributed by atoms with van der Waals surface area (Å²) >= 11 is 1.96. The first-order chi connectivity index (χ1) is 57.3. The maximum atomic E-state index is 5.73. The molecular weight excluding hydrogens is 1590 g/mol. The molecule has 5 saturated carbocycles. The van der Waals surface area contributed by atoms with Crippen molar-refractivity contribution in [3.05, 3.63) is 68.6 Å². The molecular formula is C90H212N32O2S. The van der Waals surface area contributed by atoms with Gasteiger partial charge in [-0.25, -0.2) is 9.97 Å². The van der Waals surface area contributed by atoms with E-state index in [0.29, 0.717) is 54.5 Å². The normalized spacial score (nSPS) is 21.0. The highest BCUT2D eigenvalue weighted by Gasteiger charge is 2.20. The van der Waals surface area contributed by atoms with Crippen molar-refractivity contribution in [1.82, 2.24) is 129 Å². The number of nitrogens with two attached hydrogens (primary N) is 7. The molecule has 125 heavy (non-hydrogen) atoms. The third kappa shape index (κ3) is 117. The smallest absolute Gasteiger partial charge is 0.161 e. The predicted molar refractivity (Wildman–Crippen MR) is 544 cm³/mol. The number of tetrazole rings is 1. The second-order valence-corrected chi connectivity index (χ2v) is 31.6. The van der Waals surface area contributed by atoms with Gasteiger partial charge in [-0.2, -0.15) is 30.8 Å². The summed E-state index contributed by atoms with van der Waals surface area (Å²) in [5.74, 6) is 2.47. The molecule has 0 aromatic carbocycles. The molecule has 28 N–H and O–H groups in total. The lowest BCUT2D eigenvalue weighted by atomic mass is 9.95. The van der Waals surface area contributed by atoms with Gasteiger partial charge < -0.3 is 107 Å². The first-order valence-electron chi connectivity index (χ1n) is 45.0. The zero-order valence-corrected chi connectivity index (χ0v) is 75.7. The summed E-state index contributed by atoms with van der Waals surface area (Å²) in [7, 11) is 5.84. The molecule has 4 atom stereocenters. The molecule has 5 aromatic rings. The predicted octanol–water partition coefficient (Wildman–Crippen LogP) is 11.0. The van der Waals surface area contributed by atoms with Gasteiger partial charge in [0.25, 0.3) is 0 Å². The lowest BCUT2D eigenvalue weighted by Gasteiger charge is -2.36. The fourth-order valence-electron chi connectivity index (χ4n) is 11.3. The maximum absolute atomic E-state index is 5.73. The summed E-state index contributed by atoms with van der Waals surface area (Å²) in [5, 5.41) is 62.9. The molecule has 5 aliphatic carbocycles. The van der Waals surface area contributed by atoms with Crippen LogP contribution in [0.15, 0.2) is 68.6 Å². The zero-order chi connectivity index (χ0) is 85.7. The Kier molecular flexibility index (Phi) is 132. The number of thioether (sulfide) groups is 1. The van der Waals surface area contributed by atoms with E-state index in [9.17, 15) is 0 Å². The van der Waals surface area contributed by atoms with Crippen molar-refractivity contribution < 1.29 is 9.47 Å². The summed E-state index contributed by atoms with van der Waals surface area (Å²) in [5.41, 5.74) is 36.9. The Morgan fingerprint density at radius 2 is 0.776 bits per heavy atom. The Bertz CT molecular complexity index is 2020. The monoisotopic (exact) mass is 1810 g/mol. The van der Waals surface area contributed by atoms with Gasteiger partial charge in [0.2, 0.25) is 0 Å². The number of H-pyrrole nitrogens is 5. The van der Waals surface area contributed by atoms with Crippen LogP contribution in [0.25, 0.3) is 0 Å². The maximum Gasteiger partial charge on any atom is 0.161 e. The van der Waals surface area contributed by atoms with Crippen LogP contribution in [-0.4, -0.2) is 313 Å². The number of ether oxygens (including phenoxy) is 2. The van der Waals surface area contributed by atoms with Crippen molar-refractivity contribution in [3.8, 4) is 0 Å². The van der Waals surface area contributed by atoms with E-state index >= 15 is 0 Å². The number of piperidine rings is 1. The van der Waals surface area contributed by atoms with Crippen LogP contribution in [0.5, 0.6) is 0 Å². The third-order valence-corrected chi connectivity index (χ3v) is 20.1. The molecule has 14 fully saturated rings. The van der Waals surface area contributed by atoms with E-state index in [4.69, 9.17) is 43.9 Å². The zero-order valence-electron chi connectivity index (χ0n) is 74.9. The van der Waals surface area contributed by atoms with Crippen molar-refractivity contribution in [3.63, 3.8) is 0 Å². The van der Waals surface area contributed by atoms with Crippen molar-refractivity contribution in [2.45, 2.75) is 341 Å². The molecule has 5 aromatic heterocycles. The van der Waals surface area contributed by atoms with Crippen molar-refractivity contribution in [2.75, 3.05) is 177 Å².